The van der Waals surface area contributed by atoms with Gasteiger partial charge in [0.05, 0.1) is 23.3 Å². The van der Waals surface area contributed by atoms with E-state index in [9.17, 15) is 4.79 Å². The highest BCUT2D eigenvalue weighted by atomic mass is 35.5. The second-order valence-corrected chi connectivity index (χ2v) is 6.86. The first-order chi connectivity index (χ1) is 9.84. The lowest BCUT2D eigenvalue weighted by atomic mass is 9.94. The number of ketones is 1. The lowest BCUT2D eigenvalue weighted by molar-refractivity contribution is 0.0690. The Balaban J connectivity index is 2.23. The van der Waals surface area contributed by atoms with Gasteiger partial charge in [-0.3, -0.25) is 14.4 Å². The van der Waals surface area contributed by atoms with Crippen LogP contribution in [-0.4, -0.2) is 64.6 Å². The van der Waals surface area contributed by atoms with Crippen molar-refractivity contribution in [1.29, 1.82) is 0 Å². The Morgan fingerprint density at radius 3 is 2.57 bits per heavy atom. The van der Waals surface area contributed by atoms with Gasteiger partial charge < -0.3 is 4.90 Å². The molecule has 5 nitrogen and oxygen atoms in total. The number of likely N-dealkylation sites (tertiary alicyclic amines) is 1. The summed E-state index contributed by atoms with van der Waals surface area (Å²) in [6.07, 6.45) is 3.89. The lowest BCUT2D eigenvalue weighted by Crippen LogP contribution is -2.49. The monoisotopic (exact) mass is 312 g/mol. The predicted octanol–water partition coefficient (Wildman–Crippen LogP) is 2.16. The summed E-state index contributed by atoms with van der Waals surface area (Å²) >= 11 is 6.23. The fourth-order valence-corrected chi connectivity index (χ4v) is 2.99. The van der Waals surface area contributed by atoms with Gasteiger partial charge in [0.15, 0.2) is 0 Å². The van der Waals surface area contributed by atoms with E-state index < -0.39 is 5.54 Å². The molecule has 0 amide bonds. The van der Waals surface area contributed by atoms with Crippen LogP contribution in [0.1, 0.15) is 37.2 Å². The molecule has 0 aliphatic carbocycles. The zero-order valence-electron chi connectivity index (χ0n) is 13.4. The number of nitrogens with zero attached hydrogens (tertiary/aromatic N) is 4. The Hall–Kier alpha value is -0.910. The third-order valence-corrected chi connectivity index (χ3v) is 4.50. The second kappa shape index (κ2) is 6.46. The third kappa shape index (κ3) is 3.47. The molecule has 0 atom stereocenters. The first-order valence-corrected chi connectivity index (χ1v) is 7.87. The molecule has 1 aliphatic heterocycles. The van der Waals surface area contributed by atoms with Crippen LogP contribution in [0.2, 0.25) is 5.02 Å². The van der Waals surface area contributed by atoms with Gasteiger partial charge in [0.25, 0.3) is 0 Å². The average Bonchev–Trinajstić information content (AvgIpc) is 3.05. The van der Waals surface area contributed by atoms with E-state index in [1.165, 1.54) is 0 Å². The van der Waals surface area contributed by atoms with Crippen molar-refractivity contribution in [3.63, 3.8) is 0 Å². The summed E-state index contributed by atoms with van der Waals surface area (Å²) in [5, 5.41) is 4.72. The Bertz CT molecular complexity index is 504. The van der Waals surface area contributed by atoms with Crippen LogP contribution >= 0.6 is 11.6 Å². The fraction of sp³-hybridized carbons (Fsp3) is 0.733. The van der Waals surface area contributed by atoms with Crippen LogP contribution < -0.4 is 0 Å². The fourth-order valence-electron chi connectivity index (χ4n) is 2.76. The molecule has 21 heavy (non-hydrogen) atoms. The van der Waals surface area contributed by atoms with E-state index in [4.69, 9.17) is 11.6 Å². The molecule has 0 N–H and O–H groups in total. The van der Waals surface area contributed by atoms with Gasteiger partial charge >= 0.3 is 0 Å². The molecular formula is C15H25ClN4O. The molecule has 0 bridgehead atoms. The molecule has 118 valence electrons. The Labute approximate surface area is 131 Å². The Morgan fingerprint density at radius 1 is 1.38 bits per heavy atom. The van der Waals surface area contributed by atoms with Crippen molar-refractivity contribution in [2.45, 2.75) is 38.8 Å². The first kappa shape index (κ1) is 16.5. The molecule has 0 saturated carbocycles. The summed E-state index contributed by atoms with van der Waals surface area (Å²) in [6, 6.07) is 0. The molecular weight excluding hydrogens is 288 g/mol. The van der Waals surface area contributed by atoms with E-state index in [0.717, 1.165) is 32.5 Å². The number of aromatic nitrogens is 2. The van der Waals surface area contributed by atoms with Gasteiger partial charge in [-0.05, 0) is 53.9 Å². The van der Waals surface area contributed by atoms with Crippen molar-refractivity contribution in [3.8, 4) is 0 Å². The SMILES string of the molecule is CN(C)CCn1ncc(Cl)c1C(=O)C(C)(C)N1CCCC1. The summed E-state index contributed by atoms with van der Waals surface area (Å²) in [4.78, 5) is 17.3. The van der Waals surface area contributed by atoms with Crippen molar-refractivity contribution in [2.24, 2.45) is 0 Å². The number of Topliss-reactive ketones (excluding diaryl/α,β-unsaturated/α-hetero) is 1. The van der Waals surface area contributed by atoms with Gasteiger partial charge in [-0.15, -0.1) is 0 Å². The van der Waals surface area contributed by atoms with Crippen molar-refractivity contribution in [2.75, 3.05) is 33.7 Å². The van der Waals surface area contributed by atoms with Gasteiger partial charge in [0.1, 0.15) is 5.69 Å². The minimum Gasteiger partial charge on any atom is -0.308 e. The molecule has 2 heterocycles. The van der Waals surface area contributed by atoms with E-state index in [-0.39, 0.29) is 5.78 Å². The number of halogens is 1. The van der Waals surface area contributed by atoms with E-state index in [0.29, 0.717) is 17.3 Å². The number of carbonyl (C=O) groups excluding carboxylic acids is 1. The van der Waals surface area contributed by atoms with Crippen LogP contribution in [0.5, 0.6) is 0 Å². The molecule has 1 aromatic heterocycles. The topological polar surface area (TPSA) is 41.4 Å². The molecule has 0 radical (unpaired) electrons. The number of hydrogen-bond acceptors (Lipinski definition) is 4. The van der Waals surface area contributed by atoms with Crippen molar-refractivity contribution in [3.05, 3.63) is 16.9 Å². The first-order valence-electron chi connectivity index (χ1n) is 7.50. The number of hydrogen-bond donors (Lipinski definition) is 0. The van der Waals surface area contributed by atoms with E-state index in [1.807, 2.05) is 27.9 Å². The van der Waals surface area contributed by atoms with Crippen molar-refractivity contribution in [1.82, 2.24) is 19.6 Å². The molecule has 0 aromatic carbocycles. The number of carbonyl (C=O) groups is 1. The summed E-state index contributed by atoms with van der Waals surface area (Å²) in [5.74, 6) is 0.0608. The highest BCUT2D eigenvalue weighted by Crippen LogP contribution is 2.28. The molecule has 1 saturated heterocycles. The largest absolute Gasteiger partial charge is 0.308 e. The minimum atomic E-state index is -0.532. The van der Waals surface area contributed by atoms with Crippen LogP contribution in [0.3, 0.4) is 0 Å². The van der Waals surface area contributed by atoms with Crippen LogP contribution in [0.15, 0.2) is 6.20 Å². The van der Waals surface area contributed by atoms with Gasteiger partial charge in [-0.2, -0.15) is 5.10 Å². The molecule has 1 fully saturated rings. The van der Waals surface area contributed by atoms with Crippen molar-refractivity contribution < 1.29 is 4.79 Å². The molecule has 2 rings (SSSR count). The second-order valence-electron chi connectivity index (χ2n) is 6.45. The molecule has 1 aromatic rings. The van der Waals surface area contributed by atoms with Crippen LogP contribution in [0.25, 0.3) is 0 Å². The summed E-state index contributed by atoms with van der Waals surface area (Å²) in [6.45, 7) is 7.41. The highest BCUT2D eigenvalue weighted by molar-refractivity contribution is 6.34. The van der Waals surface area contributed by atoms with E-state index in [2.05, 4.69) is 14.9 Å². The van der Waals surface area contributed by atoms with Crippen molar-refractivity contribution >= 4 is 17.4 Å². The summed E-state index contributed by atoms with van der Waals surface area (Å²) < 4.78 is 1.74. The maximum Gasteiger partial charge on any atom is 0.201 e. The zero-order chi connectivity index (χ0) is 15.6. The maximum atomic E-state index is 13.0. The van der Waals surface area contributed by atoms with Crippen LogP contribution in [0, 0.1) is 0 Å². The standard InChI is InChI=1S/C15H25ClN4O/c1-15(2,19-7-5-6-8-19)14(21)13-12(16)11-17-20(13)10-9-18(3)4/h11H,5-10H2,1-4H3. The van der Waals surface area contributed by atoms with Gasteiger partial charge in [-0.25, -0.2) is 0 Å². The average molecular weight is 313 g/mol. The third-order valence-electron chi connectivity index (χ3n) is 4.22. The molecule has 6 heteroatoms. The quantitative estimate of drug-likeness (QED) is 0.755. The Morgan fingerprint density at radius 2 is 2.00 bits per heavy atom. The molecule has 0 unspecified atom stereocenters. The van der Waals surface area contributed by atoms with Gasteiger partial charge in [-0.1, -0.05) is 11.6 Å². The Kier molecular flexibility index (Phi) is 5.07. The molecule has 0 spiro atoms. The minimum absolute atomic E-state index is 0.0608. The smallest absolute Gasteiger partial charge is 0.201 e. The lowest BCUT2D eigenvalue weighted by Gasteiger charge is -2.34. The normalized spacial score (nSPS) is 16.9. The molecule has 1 aliphatic rings. The number of likely N-dealkylation sites (N-methyl/N-ethyl adjacent to an activating group) is 1. The predicted molar refractivity (Wildman–Crippen MR) is 85.0 cm³/mol. The zero-order valence-corrected chi connectivity index (χ0v) is 14.2. The summed E-state index contributed by atoms with van der Waals surface area (Å²) in [5.41, 5.74) is 0.00572. The number of rotatable bonds is 6. The van der Waals surface area contributed by atoms with E-state index in [1.54, 1.807) is 10.9 Å². The summed E-state index contributed by atoms with van der Waals surface area (Å²) in [7, 11) is 4.00. The van der Waals surface area contributed by atoms with E-state index >= 15 is 0 Å². The van der Waals surface area contributed by atoms with Gasteiger partial charge in [0, 0.05) is 6.54 Å². The van der Waals surface area contributed by atoms with Gasteiger partial charge in [0.2, 0.25) is 5.78 Å². The maximum absolute atomic E-state index is 13.0. The van der Waals surface area contributed by atoms with Crippen LogP contribution in [-0.2, 0) is 6.54 Å². The highest BCUT2D eigenvalue weighted by Gasteiger charge is 2.39. The van der Waals surface area contributed by atoms with Crippen LogP contribution in [0.4, 0.5) is 0 Å².